The van der Waals surface area contributed by atoms with E-state index in [1.54, 1.807) is 0 Å². The predicted octanol–water partition coefficient (Wildman–Crippen LogP) is 3.36. The normalized spacial score (nSPS) is 16.2. The fourth-order valence-electron chi connectivity index (χ4n) is 1.57. The van der Waals surface area contributed by atoms with Gasteiger partial charge < -0.3 is 0 Å². The molecule has 0 amide bonds. The van der Waals surface area contributed by atoms with Crippen LogP contribution in [0.1, 0.15) is 34.1 Å². The summed E-state index contributed by atoms with van der Waals surface area (Å²) in [6.07, 6.45) is 6.75. The van der Waals surface area contributed by atoms with Crippen LogP contribution in [0.25, 0.3) is 0 Å². The van der Waals surface area contributed by atoms with Crippen molar-refractivity contribution in [2.24, 2.45) is 11.8 Å². The van der Waals surface area contributed by atoms with Crippen LogP contribution in [0.15, 0.2) is 17.2 Å². The second-order valence-corrected chi connectivity index (χ2v) is 3.76. The Morgan fingerprint density at radius 1 is 1.17 bits per heavy atom. The van der Waals surface area contributed by atoms with Crippen LogP contribution >= 0.6 is 0 Å². The SMILES string of the molecule is CC(C)C1=[C-]CC=C1C(C)C.[Mn]. The quantitative estimate of drug-likeness (QED) is 0.478. The smallest absolute Gasteiger partial charge is 0 e. The van der Waals surface area contributed by atoms with E-state index in [9.17, 15) is 0 Å². The van der Waals surface area contributed by atoms with Crippen LogP contribution in [0, 0.1) is 17.9 Å². The molecule has 1 rings (SSSR count). The topological polar surface area (TPSA) is 0 Å². The minimum Gasteiger partial charge on any atom is -0.269 e. The standard InChI is InChI=1S/C11H17.Mn/c1-8(2)10-6-5-7-11(10)9(3)4;/h6,8-9H,5H2,1-4H3;/q-1;. The summed E-state index contributed by atoms with van der Waals surface area (Å²) in [4.78, 5) is 0. The number of rotatable bonds is 2. The summed E-state index contributed by atoms with van der Waals surface area (Å²) in [5.41, 5.74) is 2.96. The summed E-state index contributed by atoms with van der Waals surface area (Å²) in [5, 5.41) is 0. The predicted molar refractivity (Wildman–Crippen MR) is 49.1 cm³/mol. The molecule has 0 heterocycles. The zero-order valence-corrected chi connectivity index (χ0v) is 9.50. The van der Waals surface area contributed by atoms with E-state index >= 15 is 0 Å². The van der Waals surface area contributed by atoms with Crippen molar-refractivity contribution in [3.63, 3.8) is 0 Å². The molecule has 0 aliphatic heterocycles. The molecule has 1 aliphatic carbocycles. The Kier molecular flexibility index (Phi) is 4.89. The van der Waals surface area contributed by atoms with E-state index in [2.05, 4.69) is 39.8 Å². The second-order valence-electron chi connectivity index (χ2n) is 3.76. The molecule has 0 atom stereocenters. The average Bonchev–Trinajstić information content (AvgIpc) is 2.32. The molecular formula is C11H17Mn-. The first-order valence-electron chi connectivity index (χ1n) is 4.44. The van der Waals surface area contributed by atoms with Crippen LogP contribution in [0.2, 0.25) is 0 Å². The number of allylic oxidation sites excluding steroid dienone is 4. The molecular weight excluding hydrogens is 187 g/mol. The van der Waals surface area contributed by atoms with Gasteiger partial charge >= 0.3 is 0 Å². The van der Waals surface area contributed by atoms with Crippen molar-refractivity contribution in [2.75, 3.05) is 0 Å². The average molecular weight is 204 g/mol. The summed E-state index contributed by atoms with van der Waals surface area (Å²) in [6, 6.07) is 0. The van der Waals surface area contributed by atoms with Gasteiger partial charge in [0.25, 0.3) is 0 Å². The van der Waals surface area contributed by atoms with E-state index in [-0.39, 0.29) is 17.1 Å². The summed E-state index contributed by atoms with van der Waals surface area (Å²) in [6.45, 7) is 8.98. The molecule has 0 unspecified atom stereocenters. The third kappa shape index (κ3) is 2.50. The number of hydrogen-bond acceptors (Lipinski definition) is 0. The van der Waals surface area contributed by atoms with Gasteiger partial charge in [0.15, 0.2) is 0 Å². The van der Waals surface area contributed by atoms with Gasteiger partial charge in [-0.2, -0.15) is 11.6 Å². The Hall–Kier alpha value is -0.000519. The fraction of sp³-hybridized carbons (Fsp3) is 0.636. The Morgan fingerprint density at radius 3 is 2.08 bits per heavy atom. The molecule has 0 N–H and O–H groups in total. The van der Waals surface area contributed by atoms with Crippen molar-refractivity contribution >= 4 is 0 Å². The van der Waals surface area contributed by atoms with E-state index in [1.165, 1.54) is 11.1 Å². The Bertz CT molecular complexity index is 175. The van der Waals surface area contributed by atoms with Crippen LogP contribution in [0.3, 0.4) is 0 Å². The molecule has 0 aromatic rings. The molecule has 69 valence electrons. The van der Waals surface area contributed by atoms with Crippen molar-refractivity contribution < 1.29 is 17.1 Å². The molecule has 0 spiro atoms. The third-order valence-electron chi connectivity index (χ3n) is 2.12. The zero-order valence-electron chi connectivity index (χ0n) is 8.32. The van der Waals surface area contributed by atoms with E-state index < -0.39 is 0 Å². The minimum absolute atomic E-state index is 0. The van der Waals surface area contributed by atoms with Gasteiger partial charge in [0.1, 0.15) is 0 Å². The van der Waals surface area contributed by atoms with Crippen LogP contribution in [-0.2, 0) is 17.1 Å². The van der Waals surface area contributed by atoms with Gasteiger partial charge in [-0.05, 0) is 0 Å². The molecule has 1 radical (unpaired) electrons. The molecule has 12 heavy (non-hydrogen) atoms. The Balaban J connectivity index is 0.00000121. The van der Waals surface area contributed by atoms with Crippen LogP contribution in [0.4, 0.5) is 0 Å². The fourth-order valence-corrected chi connectivity index (χ4v) is 1.57. The molecule has 1 aliphatic rings. The molecule has 0 saturated carbocycles. The van der Waals surface area contributed by atoms with E-state index in [1.807, 2.05) is 0 Å². The van der Waals surface area contributed by atoms with Crippen LogP contribution in [0.5, 0.6) is 0 Å². The molecule has 0 bridgehead atoms. The molecule has 0 fully saturated rings. The van der Waals surface area contributed by atoms with Gasteiger partial charge in [0.05, 0.1) is 0 Å². The van der Waals surface area contributed by atoms with Crippen molar-refractivity contribution in [3.05, 3.63) is 23.3 Å². The molecule has 0 saturated heterocycles. The minimum atomic E-state index is 0. The maximum Gasteiger partial charge on any atom is 0 e. The maximum atomic E-state index is 3.41. The van der Waals surface area contributed by atoms with Gasteiger partial charge in [-0.25, -0.2) is 5.57 Å². The zero-order chi connectivity index (χ0) is 8.43. The van der Waals surface area contributed by atoms with Crippen LogP contribution in [-0.4, -0.2) is 0 Å². The van der Waals surface area contributed by atoms with Crippen molar-refractivity contribution in [2.45, 2.75) is 34.1 Å². The second kappa shape index (κ2) is 4.89. The summed E-state index contributed by atoms with van der Waals surface area (Å²) >= 11 is 0. The maximum absolute atomic E-state index is 3.41. The Labute approximate surface area is 86.6 Å². The van der Waals surface area contributed by atoms with Crippen molar-refractivity contribution in [3.8, 4) is 0 Å². The number of hydrogen-bond donors (Lipinski definition) is 0. The van der Waals surface area contributed by atoms with Gasteiger partial charge in [-0.3, -0.25) is 6.08 Å². The third-order valence-corrected chi connectivity index (χ3v) is 2.12. The van der Waals surface area contributed by atoms with Crippen molar-refractivity contribution in [1.29, 1.82) is 0 Å². The van der Waals surface area contributed by atoms with E-state index in [0.717, 1.165) is 6.42 Å². The van der Waals surface area contributed by atoms with Crippen LogP contribution < -0.4 is 0 Å². The Morgan fingerprint density at radius 2 is 1.75 bits per heavy atom. The molecule has 0 nitrogen and oxygen atoms in total. The molecule has 0 aromatic carbocycles. The van der Waals surface area contributed by atoms with Gasteiger partial charge in [-0.15, -0.1) is 6.42 Å². The summed E-state index contributed by atoms with van der Waals surface area (Å²) in [7, 11) is 0. The first kappa shape index (κ1) is 12.0. The first-order valence-corrected chi connectivity index (χ1v) is 4.44. The monoisotopic (exact) mass is 204 g/mol. The van der Waals surface area contributed by atoms with Gasteiger partial charge in [0.2, 0.25) is 0 Å². The summed E-state index contributed by atoms with van der Waals surface area (Å²) < 4.78 is 0. The van der Waals surface area contributed by atoms with Crippen molar-refractivity contribution in [1.82, 2.24) is 0 Å². The largest absolute Gasteiger partial charge is 0.269 e. The molecule has 1 heteroatoms. The van der Waals surface area contributed by atoms with E-state index in [0.29, 0.717) is 11.8 Å². The first-order chi connectivity index (χ1) is 5.13. The van der Waals surface area contributed by atoms with Gasteiger partial charge in [0, 0.05) is 17.1 Å². The van der Waals surface area contributed by atoms with Gasteiger partial charge in [-0.1, -0.05) is 39.5 Å². The summed E-state index contributed by atoms with van der Waals surface area (Å²) in [5.74, 6) is 1.31. The molecule has 0 aromatic heterocycles. The van der Waals surface area contributed by atoms with E-state index in [4.69, 9.17) is 0 Å².